The molecule has 1 radical (unpaired) electrons. The SMILES string of the molecule is CCc1cccc(C(C)C)c1-c1c(C)[c]c(C(C)CC)cc1-c1c(C)cccc1C(C)(C)C. The summed E-state index contributed by atoms with van der Waals surface area (Å²) in [5, 5.41) is 0. The van der Waals surface area contributed by atoms with Crippen molar-refractivity contribution in [3.8, 4) is 22.3 Å². The molecule has 0 fully saturated rings. The average molecular weight is 440 g/mol. The molecule has 3 aromatic rings. The van der Waals surface area contributed by atoms with Crippen molar-refractivity contribution in [3.05, 3.63) is 81.9 Å². The predicted molar refractivity (Wildman–Crippen MR) is 146 cm³/mol. The molecule has 0 aromatic heterocycles. The Hall–Kier alpha value is -2.34. The molecule has 1 unspecified atom stereocenters. The lowest BCUT2D eigenvalue weighted by Crippen LogP contribution is -2.14. The van der Waals surface area contributed by atoms with Crippen molar-refractivity contribution in [2.24, 2.45) is 0 Å². The second-order valence-electron chi connectivity index (χ2n) is 11.1. The molecule has 0 saturated carbocycles. The molecule has 0 aliphatic rings. The summed E-state index contributed by atoms with van der Waals surface area (Å²) in [6.45, 7) is 23.1. The molecule has 0 spiro atoms. The highest BCUT2D eigenvalue weighted by Gasteiger charge is 2.26. The van der Waals surface area contributed by atoms with E-state index in [2.05, 4.69) is 118 Å². The monoisotopic (exact) mass is 439 g/mol. The van der Waals surface area contributed by atoms with Gasteiger partial charge in [-0.3, -0.25) is 0 Å². The molecule has 0 heterocycles. The molecule has 0 aliphatic carbocycles. The first-order chi connectivity index (χ1) is 15.5. The van der Waals surface area contributed by atoms with Crippen LogP contribution in [0.1, 0.15) is 107 Å². The fourth-order valence-electron chi connectivity index (χ4n) is 5.10. The Bertz CT molecular complexity index is 1120. The van der Waals surface area contributed by atoms with Gasteiger partial charge in [-0.2, -0.15) is 0 Å². The highest BCUT2D eigenvalue weighted by atomic mass is 14.3. The minimum Gasteiger partial charge on any atom is -0.0648 e. The molecular weight excluding hydrogens is 396 g/mol. The quantitative estimate of drug-likeness (QED) is 0.358. The molecule has 0 amide bonds. The fourth-order valence-corrected chi connectivity index (χ4v) is 5.10. The normalized spacial score (nSPS) is 12.9. The second-order valence-corrected chi connectivity index (χ2v) is 11.1. The molecule has 0 nitrogen and oxygen atoms in total. The van der Waals surface area contributed by atoms with Gasteiger partial charge in [-0.1, -0.05) is 91.8 Å². The first-order valence-electron chi connectivity index (χ1n) is 12.8. The van der Waals surface area contributed by atoms with E-state index in [1.165, 1.54) is 55.6 Å². The van der Waals surface area contributed by atoms with Gasteiger partial charge < -0.3 is 0 Å². The van der Waals surface area contributed by atoms with Crippen LogP contribution < -0.4 is 0 Å². The van der Waals surface area contributed by atoms with E-state index in [9.17, 15) is 0 Å². The van der Waals surface area contributed by atoms with Gasteiger partial charge in [-0.25, -0.2) is 0 Å². The van der Waals surface area contributed by atoms with E-state index in [-0.39, 0.29) is 5.41 Å². The Morgan fingerprint density at radius 1 is 0.848 bits per heavy atom. The second kappa shape index (κ2) is 9.88. The van der Waals surface area contributed by atoms with Crippen LogP contribution in [0, 0.1) is 19.9 Å². The number of benzene rings is 3. The molecule has 3 rings (SSSR count). The van der Waals surface area contributed by atoms with E-state index in [1.807, 2.05) is 0 Å². The third kappa shape index (κ3) is 4.96. The van der Waals surface area contributed by atoms with Gasteiger partial charge >= 0.3 is 0 Å². The van der Waals surface area contributed by atoms with Crippen molar-refractivity contribution >= 4 is 0 Å². The van der Waals surface area contributed by atoms with Gasteiger partial charge in [-0.15, -0.1) is 0 Å². The maximum Gasteiger partial charge on any atom is -0.00639 e. The third-order valence-electron chi connectivity index (χ3n) is 7.21. The lowest BCUT2D eigenvalue weighted by atomic mass is 9.75. The van der Waals surface area contributed by atoms with Crippen LogP contribution >= 0.6 is 0 Å². The van der Waals surface area contributed by atoms with Crippen molar-refractivity contribution < 1.29 is 0 Å². The van der Waals surface area contributed by atoms with Crippen molar-refractivity contribution in [3.63, 3.8) is 0 Å². The molecule has 0 aliphatic heterocycles. The van der Waals surface area contributed by atoms with Crippen LogP contribution in [-0.2, 0) is 11.8 Å². The maximum atomic E-state index is 3.83. The lowest BCUT2D eigenvalue weighted by Gasteiger charge is -2.29. The van der Waals surface area contributed by atoms with Crippen molar-refractivity contribution in [1.29, 1.82) is 0 Å². The lowest BCUT2D eigenvalue weighted by molar-refractivity contribution is 0.591. The summed E-state index contributed by atoms with van der Waals surface area (Å²) in [4.78, 5) is 0. The molecule has 1 atom stereocenters. The van der Waals surface area contributed by atoms with E-state index in [0.717, 1.165) is 12.8 Å². The zero-order valence-electron chi connectivity index (χ0n) is 22.6. The fraction of sp³-hybridized carbons (Fsp3) is 0.455. The minimum atomic E-state index is 0.0633. The topological polar surface area (TPSA) is 0 Å². The summed E-state index contributed by atoms with van der Waals surface area (Å²) in [6, 6.07) is 20.0. The van der Waals surface area contributed by atoms with Crippen molar-refractivity contribution in [1.82, 2.24) is 0 Å². The summed E-state index contributed by atoms with van der Waals surface area (Å²) in [7, 11) is 0. The van der Waals surface area contributed by atoms with Crippen molar-refractivity contribution in [2.45, 2.75) is 99.3 Å². The summed E-state index contributed by atoms with van der Waals surface area (Å²) in [6.07, 6.45) is 2.15. The van der Waals surface area contributed by atoms with Crippen LogP contribution in [0.5, 0.6) is 0 Å². The van der Waals surface area contributed by atoms with E-state index in [0.29, 0.717) is 11.8 Å². The van der Waals surface area contributed by atoms with Gasteiger partial charge in [0, 0.05) is 0 Å². The van der Waals surface area contributed by atoms with Crippen LogP contribution in [0.4, 0.5) is 0 Å². The summed E-state index contributed by atoms with van der Waals surface area (Å²) in [5.41, 5.74) is 13.9. The van der Waals surface area contributed by atoms with Gasteiger partial charge in [0.1, 0.15) is 0 Å². The highest BCUT2D eigenvalue weighted by Crippen LogP contribution is 2.46. The molecule has 3 aromatic carbocycles. The largest absolute Gasteiger partial charge is 0.0648 e. The highest BCUT2D eigenvalue weighted by molar-refractivity contribution is 5.91. The van der Waals surface area contributed by atoms with Crippen LogP contribution in [0.3, 0.4) is 0 Å². The Balaban J connectivity index is 2.54. The molecule has 0 bridgehead atoms. The van der Waals surface area contributed by atoms with Crippen LogP contribution in [0.15, 0.2) is 42.5 Å². The zero-order valence-corrected chi connectivity index (χ0v) is 22.6. The summed E-state index contributed by atoms with van der Waals surface area (Å²) >= 11 is 0. The number of rotatable bonds is 6. The molecule has 0 N–H and O–H groups in total. The third-order valence-corrected chi connectivity index (χ3v) is 7.21. The van der Waals surface area contributed by atoms with E-state index in [4.69, 9.17) is 0 Å². The number of hydrogen-bond acceptors (Lipinski definition) is 0. The summed E-state index contributed by atoms with van der Waals surface area (Å²) in [5.74, 6) is 0.955. The molecule has 0 heteroatoms. The van der Waals surface area contributed by atoms with Gasteiger partial charge in [0.15, 0.2) is 0 Å². The van der Waals surface area contributed by atoms with E-state index >= 15 is 0 Å². The van der Waals surface area contributed by atoms with Crippen molar-refractivity contribution in [2.75, 3.05) is 0 Å². The summed E-state index contributed by atoms with van der Waals surface area (Å²) < 4.78 is 0. The molecular formula is C33H43. The van der Waals surface area contributed by atoms with Gasteiger partial charge in [0.05, 0.1) is 0 Å². The smallest absolute Gasteiger partial charge is 0.00639 e. The Labute approximate surface area is 203 Å². The van der Waals surface area contributed by atoms with Gasteiger partial charge in [0.25, 0.3) is 0 Å². The Kier molecular flexibility index (Phi) is 7.57. The van der Waals surface area contributed by atoms with Crippen LogP contribution in [0.2, 0.25) is 0 Å². The molecule has 0 saturated heterocycles. The van der Waals surface area contributed by atoms with Gasteiger partial charge in [0.2, 0.25) is 0 Å². The van der Waals surface area contributed by atoms with Crippen LogP contribution in [-0.4, -0.2) is 0 Å². The Morgan fingerprint density at radius 2 is 1.52 bits per heavy atom. The van der Waals surface area contributed by atoms with Gasteiger partial charge in [-0.05, 0) is 112 Å². The standard InChI is InChI=1S/C33H43/c1-11-22(5)26-19-24(7)31(32-25(12-2)16-14-17-27(32)21(3)4)28(20-26)30-23(6)15-13-18-29(30)33(8,9)10/h13-18,20-22H,11-12H2,1-10H3. The number of hydrogen-bond donors (Lipinski definition) is 0. The average Bonchev–Trinajstić information content (AvgIpc) is 2.76. The maximum absolute atomic E-state index is 3.83. The zero-order chi connectivity index (χ0) is 24.5. The number of aryl methyl sites for hydroxylation is 3. The first kappa shape index (κ1) is 25.3. The molecule has 175 valence electrons. The minimum absolute atomic E-state index is 0.0633. The van der Waals surface area contributed by atoms with Crippen LogP contribution in [0.25, 0.3) is 22.3 Å². The van der Waals surface area contributed by atoms with E-state index in [1.54, 1.807) is 0 Å². The predicted octanol–water partition coefficient (Wildman–Crippen LogP) is 9.93. The molecule has 33 heavy (non-hydrogen) atoms. The Morgan fingerprint density at radius 3 is 2.09 bits per heavy atom. The first-order valence-corrected chi connectivity index (χ1v) is 12.8. The van der Waals surface area contributed by atoms with E-state index < -0.39 is 0 Å².